The molecule has 2 heterocycles. The van der Waals surface area contributed by atoms with Gasteiger partial charge in [-0.05, 0) is 11.6 Å². The molecule has 0 atom stereocenters. The van der Waals surface area contributed by atoms with Gasteiger partial charge in [0.2, 0.25) is 0 Å². The predicted molar refractivity (Wildman–Crippen MR) is 44.6 cm³/mol. The molecule has 1 N–H and O–H groups in total. The molecule has 60 valence electrons. The molecule has 0 saturated heterocycles. The summed E-state index contributed by atoms with van der Waals surface area (Å²) >= 11 is 0. The van der Waals surface area contributed by atoms with Crippen LogP contribution in [0.4, 0.5) is 0 Å². The van der Waals surface area contributed by atoms with Crippen LogP contribution in [-0.4, -0.2) is 4.98 Å². The Balaban J connectivity index is 2.46. The van der Waals surface area contributed by atoms with Gasteiger partial charge in [0.15, 0.2) is 12.0 Å². The van der Waals surface area contributed by atoms with E-state index in [1.165, 1.54) is 17.5 Å². The second-order valence-corrected chi connectivity index (χ2v) is 3.01. The second kappa shape index (κ2) is 2.08. The van der Waals surface area contributed by atoms with Gasteiger partial charge in [0.1, 0.15) is 5.52 Å². The lowest BCUT2D eigenvalue weighted by Gasteiger charge is -1.95. The van der Waals surface area contributed by atoms with Crippen LogP contribution in [0.1, 0.15) is 11.1 Å². The van der Waals surface area contributed by atoms with Crippen molar-refractivity contribution >= 4 is 11.1 Å². The first kappa shape index (κ1) is 6.20. The first-order valence-electron chi connectivity index (χ1n) is 4.00. The highest BCUT2D eigenvalue weighted by Crippen LogP contribution is 2.24. The van der Waals surface area contributed by atoms with E-state index in [2.05, 4.69) is 16.4 Å². The number of rotatable bonds is 0. The molecule has 1 aromatic carbocycles. The standard InChI is InChI=1S/C9H8N2O/c1-2-8-9(12-5-11-8)7-4-10-3-6(1)7/h1-2,5,10H,3-4H2. The van der Waals surface area contributed by atoms with Gasteiger partial charge in [0.25, 0.3) is 0 Å². The third-order valence-electron chi connectivity index (χ3n) is 2.32. The molecule has 12 heavy (non-hydrogen) atoms. The molecule has 0 bridgehead atoms. The van der Waals surface area contributed by atoms with Crippen molar-refractivity contribution in [3.63, 3.8) is 0 Å². The van der Waals surface area contributed by atoms with Crippen LogP contribution in [0.2, 0.25) is 0 Å². The molecule has 0 spiro atoms. The maximum atomic E-state index is 5.31. The number of hydrogen-bond acceptors (Lipinski definition) is 3. The lowest BCUT2D eigenvalue weighted by atomic mass is 10.1. The van der Waals surface area contributed by atoms with Gasteiger partial charge >= 0.3 is 0 Å². The van der Waals surface area contributed by atoms with Crippen molar-refractivity contribution in [3.8, 4) is 0 Å². The highest BCUT2D eigenvalue weighted by atomic mass is 16.3. The van der Waals surface area contributed by atoms with Crippen LogP contribution in [0, 0.1) is 0 Å². The largest absolute Gasteiger partial charge is 0.443 e. The Morgan fingerprint density at radius 3 is 3.33 bits per heavy atom. The van der Waals surface area contributed by atoms with E-state index in [0.29, 0.717) is 0 Å². The third kappa shape index (κ3) is 0.662. The highest BCUT2D eigenvalue weighted by Gasteiger charge is 2.15. The molecule has 0 amide bonds. The zero-order valence-corrected chi connectivity index (χ0v) is 6.50. The maximum absolute atomic E-state index is 5.31. The predicted octanol–water partition coefficient (Wildman–Crippen LogP) is 1.43. The Hall–Kier alpha value is -1.35. The van der Waals surface area contributed by atoms with E-state index >= 15 is 0 Å². The van der Waals surface area contributed by atoms with Crippen LogP contribution >= 0.6 is 0 Å². The highest BCUT2D eigenvalue weighted by molar-refractivity contribution is 5.77. The van der Waals surface area contributed by atoms with Crippen molar-refractivity contribution in [3.05, 3.63) is 29.7 Å². The molecular weight excluding hydrogens is 152 g/mol. The van der Waals surface area contributed by atoms with Gasteiger partial charge in [-0.15, -0.1) is 0 Å². The molecule has 3 heteroatoms. The molecule has 3 nitrogen and oxygen atoms in total. The second-order valence-electron chi connectivity index (χ2n) is 3.01. The topological polar surface area (TPSA) is 38.1 Å². The van der Waals surface area contributed by atoms with Crippen LogP contribution in [-0.2, 0) is 13.1 Å². The van der Waals surface area contributed by atoms with Gasteiger partial charge < -0.3 is 9.73 Å². The Kier molecular flexibility index (Phi) is 1.07. The summed E-state index contributed by atoms with van der Waals surface area (Å²) in [5, 5.41) is 3.28. The van der Waals surface area contributed by atoms with Crippen LogP contribution in [0.3, 0.4) is 0 Å². The van der Waals surface area contributed by atoms with E-state index in [-0.39, 0.29) is 0 Å². The smallest absolute Gasteiger partial charge is 0.181 e. The number of benzene rings is 1. The quantitative estimate of drug-likeness (QED) is 0.633. The Bertz CT molecular complexity index is 433. The number of nitrogens with zero attached hydrogens (tertiary/aromatic N) is 1. The fourth-order valence-electron chi connectivity index (χ4n) is 1.71. The number of hydrogen-bond donors (Lipinski definition) is 1. The summed E-state index contributed by atoms with van der Waals surface area (Å²) in [4.78, 5) is 4.10. The first-order valence-corrected chi connectivity index (χ1v) is 4.00. The van der Waals surface area contributed by atoms with Crippen LogP contribution < -0.4 is 5.32 Å². The van der Waals surface area contributed by atoms with Crippen LogP contribution in [0.25, 0.3) is 11.1 Å². The normalized spacial score (nSPS) is 15.3. The van der Waals surface area contributed by atoms with E-state index in [9.17, 15) is 0 Å². The van der Waals surface area contributed by atoms with E-state index < -0.39 is 0 Å². The van der Waals surface area contributed by atoms with Crippen molar-refractivity contribution in [2.45, 2.75) is 13.1 Å². The SMILES string of the molecule is c1nc2ccc3c(c2o1)CNC3. The van der Waals surface area contributed by atoms with Crippen molar-refractivity contribution in [1.29, 1.82) is 0 Å². The third-order valence-corrected chi connectivity index (χ3v) is 2.32. The number of fused-ring (bicyclic) bond motifs is 3. The van der Waals surface area contributed by atoms with Gasteiger partial charge in [-0.25, -0.2) is 4.98 Å². The fourth-order valence-corrected chi connectivity index (χ4v) is 1.71. The lowest BCUT2D eigenvalue weighted by Crippen LogP contribution is -1.99. The number of nitrogens with one attached hydrogen (secondary N) is 1. The van der Waals surface area contributed by atoms with Crippen LogP contribution in [0.15, 0.2) is 22.9 Å². The van der Waals surface area contributed by atoms with Gasteiger partial charge in [0, 0.05) is 18.7 Å². The molecule has 1 aliphatic rings. The van der Waals surface area contributed by atoms with E-state index in [4.69, 9.17) is 4.42 Å². The molecule has 0 radical (unpaired) electrons. The van der Waals surface area contributed by atoms with E-state index in [1.807, 2.05) is 6.07 Å². The van der Waals surface area contributed by atoms with Gasteiger partial charge in [-0.2, -0.15) is 0 Å². The maximum Gasteiger partial charge on any atom is 0.181 e. The first-order chi connectivity index (χ1) is 5.95. The molecule has 0 saturated carbocycles. The van der Waals surface area contributed by atoms with Crippen molar-refractivity contribution in [2.24, 2.45) is 0 Å². The lowest BCUT2D eigenvalue weighted by molar-refractivity contribution is 0.597. The summed E-state index contributed by atoms with van der Waals surface area (Å²) in [6, 6.07) is 4.12. The molecule has 2 aromatic rings. The van der Waals surface area contributed by atoms with Crippen molar-refractivity contribution in [2.75, 3.05) is 0 Å². The summed E-state index contributed by atoms with van der Waals surface area (Å²) in [5.74, 6) is 0. The summed E-state index contributed by atoms with van der Waals surface area (Å²) in [6.45, 7) is 1.86. The summed E-state index contributed by atoms with van der Waals surface area (Å²) < 4.78 is 5.31. The molecule has 0 fully saturated rings. The molecule has 0 unspecified atom stereocenters. The Morgan fingerprint density at radius 1 is 1.33 bits per heavy atom. The molecule has 1 aromatic heterocycles. The zero-order valence-electron chi connectivity index (χ0n) is 6.50. The molecule has 0 aliphatic carbocycles. The minimum Gasteiger partial charge on any atom is -0.443 e. The summed E-state index contributed by atoms with van der Waals surface area (Å²) in [7, 11) is 0. The monoisotopic (exact) mass is 160 g/mol. The average molecular weight is 160 g/mol. The van der Waals surface area contributed by atoms with Crippen LogP contribution in [0.5, 0.6) is 0 Å². The molecule has 3 rings (SSSR count). The van der Waals surface area contributed by atoms with Crippen molar-refractivity contribution < 1.29 is 4.42 Å². The van der Waals surface area contributed by atoms with Gasteiger partial charge in [-0.1, -0.05) is 6.07 Å². The number of oxazole rings is 1. The number of aromatic nitrogens is 1. The zero-order chi connectivity index (χ0) is 7.97. The summed E-state index contributed by atoms with van der Waals surface area (Å²) in [6.07, 6.45) is 1.50. The average Bonchev–Trinajstić information content (AvgIpc) is 2.71. The molecule has 1 aliphatic heterocycles. The summed E-state index contributed by atoms with van der Waals surface area (Å²) in [5.41, 5.74) is 4.50. The Labute approximate surface area is 69.4 Å². The van der Waals surface area contributed by atoms with E-state index in [0.717, 1.165) is 24.2 Å². The van der Waals surface area contributed by atoms with Crippen molar-refractivity contribution in [1.82, 2.24) is 10.3 Å². The minimum absolute atomic E-state index is 0.905. The Morgan fingerprint density at radius 2 is 2.33 bits per heavy atom. The van der Waals surface area contributed by atoms with Gasteiger partial charge in [0.05, 0.1) is 0 Å². The molecular formula is C9H8N2O. The van der Waals surface area contributed by atoms with E-state index in [1.54, 1.807) is 0 Å². The fraction of sp³-hybridized carbons (Fsp3) is 0.222. The van der Waals surface area contributed by atoms with Gasteiger partial charge in [-0.3, -0.25) is 0 Å². The minimum atomic E-state index is 0.905.